The number of amides is 1. The molecule has 0 spiro atoms. The number of aliphatic hydroxyl groups is 1. The third kappa shape index (κ3) is 3.31. The van der Waals surface area contributed by atoms with Crippen LogP contribution in [-0.2, 0) is 11.3 Å². The maximum absolute atomic E-state index is 11.8. The Hall–Kier alpha value is -1.42. The number of hydrogen-bond acceptors (Lipinski definition) is 3. The van der Waals surface area contributed by atoms with E-state index in [1.165, 1.54) is 13.8 Å². The fourth-order valence-electron chi connectivity index (χ4n) is 1.40. The van der Waals surface area contributed by atoms with Gasteiger partial charge in [-0.05, 0) is 32.9 Å². The van der Waals surface area contributed by atoms with Crippen molar-refractivity contribution in [3.05, 3.63) is 30.1 Å². The SMILES string of the molecule is CCN(Cc1ccccn1)C(=O)C(C)(C)O. The second kappa shape index (κ2) is 5.07. The summed E-state index contributed by atoms with van der Waals surface area (Å²) < 4.78 is 0. The standard InChI is InChI=1S/C12H18N2O2/c1-4-14(11(15)12(2,3)16)9-10-7-5-6-8-13-10/h5-8,16H,4,9H2,1-3H3. The Morgan fingerprint density at radius 2 is 2.19 bits per heavy atom. The molecule has 0 fully saturated rings. The van der Waals surface area contributed by atoms with Crippen LogP contribution in [0.2, 0.25) is 0 Å². The fourth-order valence-corrected chi connectivity index (χ4v) is 1.40. The average molecular weight is 222 g/mol. The highest BCUT2D eigenvalue weighted by molar-refractivity contribution is 5.83. The molecule has 0 unspecified atom stereocenters. The molecule has 88 valence electrons. The number of hydrogen-bond donors (Lipinski definition) is 1. The number of carbonyl (C=O) groups is 1. The minimum Gasteiger partial charge on any atom is -0.381 e. The second-order valence-electron chi connectivity index (χ2n) is 4.20. The molecule has 4 nitrogen and oxygen atoms in total. The lowest BCUT2D eigenvalue weighted by atomic mass is 10.1. The van der Waals surface area contributed by atoms with Crippen molar-refractivity contribution in [2.24, 2.45) is 0 Å². The molecule has 1 amide bonds. The van der Waals surface area contributed by atoms with Gasteiger partial charge < -0.3 is 10.0 Å². The molecule has 0 saturated carbocycles. The van der Waals surface area contributed by atoms with Crippen LogP contribution in [-0.4, -0.2) is 33.0 Å². The Labute approximate surface area is 95.9 Å². The second-order valence-corrected chi connectivity index (χ2v) is 4.20. The van der Waals surface area contributed by atoms with Crippen LogP contribution in [0.25, 0.3) is 0 Å². The third-order valence-electron chi connectivity index (χ3n) is 2.27. The third-order valence-corrected chi connectivity index (χ3v) is 2.27. The summed E-state index contributed by atoms with van der Waals surface area (Å²) in [5.41, 5.74) is -0.507. The number of likely N-dealkylation sites (N-methyl/N-ethyl adjacent to an activating group) is 1. The molecule has 0 aliphatic rings. The lowest BCUT2D eigenvalue weighted by Crippen LogP contribution is -2.44. The van der Waals surface area contributed by atoms with E-state index in [0.717, 1.165) is 5.69 Å². The summed E-state index contributed by atoms with van der Waals surface area (Å²) in [4.78, 5) is 17.6. The highest BCUT2D eigenvalue weighted by atomic mass is 16.3. The van der Waals surface area contributed by atoms with Gasteiger partial charge in [0.15, 0.2) is 0 Å². The smallest absolute Gasteiger partial charge is 0.254 e. The minimum absolute atomic E-state index is 0.277. The van der Waals surface area contributed by atoms with Crippen LogP contribution in [0, 0.1) is 0 Å². The molecular weight excluding hydrogens is 204 g/mol. The first kappa shape index (κ1) is 12.6. The summed E-state index contributed by atoms with van der Waals surface area (Å²) in [7, 11) is 0. The van der Waals surface area contributed by atoms with Gasteiger partial charge in [-0.25, -0.2) is 0 Å². The Kier molecular flexibility index (Phi) is 4.01. The molecule has 0 radical (unpaired) electrons. The zero-order valence-electron chi connectivity index (χ0n) is 9.97. The van der Waals surface area contributed by atoms with Gasteiger partial charge in [0.25, 0.3) is 5.91 Å². The van der Waals surface area contributed by atoms with Gasteiger partial charge in [-0.3, -0.25) is 9.78 Å². The molecule has 4 heteroatoms. The van der Waals surface area contributed by atoms with Crippen molar-refractivity contribution in [2.45, 2.75) is 32.9 Å². The van der Waals surface area contributed by atoms with Gasteiger partial charge in [-0.15, -0.1) is 0 Å². The normalized spacial score (nSPS) is 11.2. The molecule has 0 aliphatic carbocycles. The lowest BCUT2D eigenvalue weighted by Gasteiger charge is -2.27. The van der Waals surface area contributed by atoms with E-state index >= 15 is 0 Å². The number of aromatic nitrogens is 1. The predicted octanol–water partition coefficient (Wildman–Crippen LogP) is 1.20. The van der Waals surface area contributed by atoms with E-state index in [2.05, 4.69) is 4.98 Å². The first-order valence-corrected chi connectivity index (χ1v) is 5.36. The first-order chi connectivity index (χ1) is 7.45. The largest absolute Gasteiger partial charge is 0.381 e. The van der Waals surface area contributed by atoms with Crippen molar-refractivity contribution < 1.29 is 9.90 Å². The summed E-state index contributed by atoms with van der Waals surface area (Å²) in [6, 6.07) is 5.57. The Morgan fingerprint density at radius 1 is 1.50 bits per heavy atom. The summed E-state index contributed by atoms with van der Waals surface area (Å²) in [6.45, 7) is 5.86. The summed E-state index contributed by atoms with van der Waals surface area (Å²) in [5, 5.41) is 9.65. The molecule has 1 aromatic rings. The van der Waals surface area contributed by atoms with Crippen LogP contribution >= 0.6 is 0 Å². The highest BCUT2D eigenvalue weighted by Crippen LogP contribution is 2.10. The van der Waals surface area contributed by atoms with E-state index in [-0.39, 0.29) is 5.91 Å². The summed E-state index contributed by atoms with van der Waals surface area (Å²) >= 11 is 0. The van der Waals surface area contributed by atoms with Crippen molar-refractivity contribution in [2.75, 3.05) is 6.54 Å². The quantitative estimate of drug-likeness (QED) is 0.833. The fraction of sp³-hybridized carbons (Fsp3) is 0.500. The Morgan fingerprint density at radius 3 is 2.62 bits per heavy atom. The molecule has 0 aliphatic heterocycles. The molecule has 0 aromatic carbocycles. The molecule has 0 saturated heterocycles. The van der Waals surface area contributed by atoms with E-state index in [1.54, 1.807) is 11.1 Å². The Balaban J connectivity index is 2.74. The summed E-state index contributed by atoms with van der Waals surface area (Å²) in [6.07, 6.45) is 1.69. The highest BCUT2D eigenvalue weighted by Gasteiger charge is 2.28. The van der Waals surface area contributed by atoms with Crippen LogP contribution in [0.5, 0.6) is 0 Å². The number of rotatable bonds is 4. The van der Waals surface area contributed by atoms with Crippen LogP contribution in [0.1, 0.15) is 26.5 Å². The van der Waals surface area contributed by atoms with Gasteiger partial charge in [-0.2, -0.15) is 0 Å². The lowest BCUT2D eigenvalue weighted by molar-refractivity contribution is -0.148. The van der Waals surface area contributed by atoms with E-state index in [9.17, 15) is 9.90 Å². The van der Waals surface area contributed by atoms with Crippen molar-refractivity contribution in [1.29, 1.82) is 0 Å². The minimum atomic E-state index is -1.33. The van der Waals surface area contributed by atoms with Gasteiger partial charge in [0.2, 0.25) is 0 Å². The molecule has 1 aromatic heterocycles. The van der Waals surface area contributed by atoms with E-state index in [0.29, 0.717) is 13.1 Å². The van der Waals surface area contributed by atoms with Crippen LogP contribution < -0.4 is 0 Å². The van der Waals surface area contributed by atoms with Crippen LogP contribution in [0.3, 0.4) is 0 Å². The van der Waals surface area contributed by atoms with E-state index in [4.69, 9.17) is 0 Å². The summed E-state index contributed by atoms with van der Waals surface area (Å²) in [5.74, 6) is -0.277. The Bertz CT molecular complexity index is 344. The van der Waals surface area contributed by atoms with Gasteiger partial charge >= 0.3 is 0 Å². The average Bonchev–Trinajstić information content (AvgIpc) is 2.25. The molecule has 0 atom stereocenters. The van der Waals surface area contributed by atoms with Crippen molar-refractivity contribution in [1.82, 2.24) is 9.88 Å². The number of nitrogens with zero attached hydrogens (tertiary/aromatic N) is 2. The van der Waals surface area contributed by atoms with Crippen molar-refractivity contribution in [3.8, 4) is 0 Å². The van der Waals surface area contributed by atoms with Crippen LogP contribution in [0.15, 0.2) is 24.4 Å². The van der Waals surface area contributed by atoms with Crippen molar-refractivity contribution in [3.63, 3.8) is 0 Å². The topological polar surface area (TPSA) is 53.4 Å². The molecule has 16 heavy (non-hydrogen) atoms. The molecule has 1 N–H and O–H groups in total. The maximum Gasteiger partial charge on any atom is 0.254 e. The van der Waals surface area contributed by atoms with Crippen LogP contribution in [0.4, 0.5) is 0 Å². The van der Waals surface area contributed by atoms with E-state index in [1.807, 2.05) is 25.1 Å². The molecule has 1 heterocycles. The van der Waals surface area contributed by atoms with Gasteiger partial charge in [0, 0.05) is 12.7 Å². The maximum atomic E-state index is 11.8. The zero-order valence-corrected chi connectivity index (χ0v) is 9.97. The molecular formula is C12H18N2O2. The van der Waals surface area contributed by atoms with Gasteiger partial charge in [0.05, 0.1) is 12.2 Å². The van der Waals surface area contributed by atoms with E-state index < -0.39 is 5.60 Å². The first-order valence-electron chi connectivity index (χ1n) is 5.36. The molecule has 0 bridgehead atoms. The monoisotopic (exact) mass is 222 g/mol. The van der Waals surface area contributed by atoms with Crippen molar-refractivity contribution >= 4 is 5.91 Å². The number of pyridine rings is 1. The predicted molar refractivity (Wildman–Crippen MR) is 61.6 cm³/mol. The van der Waals surface area contributed by atoms with Gasteiger partial charge in [-0.1, -0.05) is 6.07 Å². The number of carbonyl (C=O) groups excluding carboxylic acids is 1. The van der Waals surface area contributed by atoms with Gasteiger partial charge in [0.1, 0.15) is 5.60 Å². The molecule has 1 rings (SSSR count). The zero-order chi connectivity index (χ0) is 12.2.